The Labute approximate surface area is 142 Å². The fourth-order valence-corrected chi connectivity index (χ4v) is 4.48. The van der Waals surface area contributed by atoms with Crippen LogP contribution >= 0.6 is 6.72 Å². The molecule has 0 aromatic carbocycles. The van der Waals surface area contributed by atoms with E-state index < -0.39 is 12.8 Å². The highest BCUT2D eigenvalue weighted by Gasteiger charge is 2.37. The molecule has 0 bridgehead atoms. The minimum atomic E-state index is -3.63. The van der Waals surface area contributed by atoms with E-state index in [4.69, 9.17) is 39.8 Å². The maximum absolute atomic E-state index is 12.4. The van der Waals surface area contributed by atoms with Gasteiger partial charge in [-0.1, -0.05) is 11.8 Å². The van der Waals surface area contributed by atoms with Crippen molar-refractivity contribution < 1.29 is 32.9 Å². The Kier molecular flexibility index (Phi) is 7.40. The molecule has 0 aromatic rings. The first kappa shape index (κ1) is 19.7. The first-order chi connectivity index (χ1) is 10.8. The maximum Gasteiger partial charge on any atom is 0.116 e. The van der Waals surface area contributed by atoms with Crippen molar-refractivity contribution in [3.63, 3.8) is 0 Å². The van der Waals surface area contributed by atoms with Gasteiger partial charge in [0, 0.05) is 27.1 Å². The van der Waals surface area contributed by atoms with Crippen LogP contribution in [0.2, 0.25) is 0 Å². The van der Waals surface area contributed by atoms with Gasteiger partial charge >= 0.3 is 0 Å². The second-order valence-corrected chi connectivity index (χ2v) is 8.76. The van der Waals surface area contributed by atoms with Gasteiger partial charge < -0.3 is 32.9 Å². The van der Waals surface area contributed by atoms with E-state index in [-0.39, 0.29) is 37.1 Å². The van der Waals surface area contributed by atoms with Crippen molar-refractivity contribution in [2.75, 3.05) is 27.4 Å². The van der Waals surface area contributed by atoms with Gasteiger partial charge in [-0.25, -0.2) is 0 Å². The maximum atomic E-state index is 12.4. The van der Waals surface area contributed by atoms with Crippen molar-refractivity contribution in [1.82, 2.24) is 0 Å². The highest BCUT2D eigenvalue weighted by atomic mass is 32.5. The van der Waals surface area contributed by atoms with Crippen LogP contribution in [0, 0.1) is 0 Å². The molecule has 0 amide bonds. The highest BCUT2D eigenvalue weighted by Crippen LogP contribution is 2.44. The Morgan fingerprint density at radius 3 is 2.17 bits per heavy atom. The molecule has 0 N–H and O–H groups in total. The van der Waals surface area contributed by atoms with Gasteiger partial charge in [-0.05, 0) is 13.8 Å². The molecule has 23 heavy (non-hydrogen) atoms. The zero-order valence-corrected chi connectivity index (χ0v) is 15.7. The summed E-state index contributed by atoms with van der Waals surface area (Å²) in [7, 11) is 3.20. The zero-order chi connectivity index (χ0) is 17.0. The monoisotopic (exact) mass is 369 g/mol. The van der Waals surface area contributed by atoms with Crippen LogP contribution in [0.3, 0.4) is 0 Å². The van der Waals surface area contributed by atoms with Crippen LogP contribution < -0.4 is 4.89 Å². The number of methoxy groups -OCH3 is 2. The predicted molar refractivity (Wildman–Crippen MR) is 85.7 cm³/mol. The van der Waals surface area contributed by atoms with Gasteiger partial charge in [0.1, 0.15) is 18.9 Å². The van der Waals surface area contributed by atoms with Crippen LogP contribution in [-0.2, 0) is 39.8 Å². The van der Waals surface area contributed by atoms with Crippen molar-refractivity contribution in [2.24, 2.45) is 0 Å². The Morgan fingerprint density at radius 1 is 1.04 bits per heavy atom. The van der Waals surface area contributed by atoms with E-state index in [0.717, 1.165) is 6.42 Å². The van der Waals surface area contributed by atoms with Crippen LogP contribution in [0.4, 0.5) is 0 Å². The lowest BCUT2D eigenvalue weighted by molar-refractivity contribution is -0.215. The van der Waals surface area contributed by atoms with Crippen molar-refractivity contribution in [1.29, 1.82) is 0 Å². The molecule has 0 aromatic heterocycles. The molecule has 2 aliphatic rings. The summed E-state index contributed by atoms with van der Waals surface area (Å²) in [6.07, 6.45) is 0.409. The number of ether oxygens (including phenoxy) is 4. The second-order valence-electron chi connectivity index (χ2n) is 6.06. The van der Waals surface area contributed by atoms with E-state index in [1.54, 1.807) is 14.2 Å². The Bertz CT molecular complexity index is 424. The van der Waals surface area contributed by atoms with Crippen LogP contribution in [-0.4, -0.2) is 64.1 Å². The topological polar surface area (TPSA) is 78.4 Å². The summed E-state index contributed by atoms with van der Waals surface area (Å²) >= 11 is 5.01. The van der Waals surface area contributed by atoms with Crippen molar-refractivity contribution in [3.05, 3.63) is 0 Å². The average molecular weight is 369 g/mol. The molecule has 2 saturated heterocycles. The lowest BCUT2D eigenvalue weighted by atomic mass is 10.1. The molecule has 2 heterocycles. The summed E-state index contributed by atoms with van der Waals surface area (Å²) < 4.78 is 32.7. The van der Waals surface area contributed by atoms with Gasteiger partial charge in [0.2, 0.25) is 0 Å². The summed E-state index contributed by atoms with van der Waals surface area (Å²) in [6, 6.07) is 0. The molecule has 2 rings (SSSR count). The Morgan fingerprint density at radius 2 is 1.61 bits per heavy atom. The van der Waals surface area contributed by atoms with Gasteiger partial charge in [0.05, 0.1) is 37.6 Å². The fraction of sp³-hybridized carbons (Fsp3) is 1.00. The number of rotatable bonds is 8. The van der Waals surface area contributed by atoms with Gasteiger partial charge in [-0.15, -0.1) is 0 Å². The second kappa shape index (κ2) is 8.65. The quantitative estimate of drug-likeness (QED) is 0.586. The standard InChI is InChI=1S/C14H27O7PS/c1-9-5-11(17-4)14(20-9)8-18-22(15,23)21-12-6-10(2)19-13(12)7-16-3/h9-14H,5-8H2,1-4H3,(H,15,23)/p-1/t9-,10-,11?,12?,13+,14+,22?/m0/s1. The van der Waals surface area contributed by atoms with E-state index in [0.29, 0.717) is 13.0 Å². The summed E-state index contributed by atoms with van der Waals surface area (Å²) in [5.74, 6) is 0. The number of hydrogen-bond donors (Lipinski definition) is 0. The van der Waals surface area contributed by atoms with Crippen molar-refractivity contribution in [2.45, 2.75) is 63.3 Å². The molecule has 0 spiro atoms. The molecule has 2 aliphatic heterocycles. The first-order valence-electron chi connectivity index (χ1n) is 7.81. The molecule has 0 saturated carbocycles. The normalized spacial score (nSPS) is 40.4. The fourth-order valence-electron chi connectivity index (χ4n) is 3.02. The van der Waals surface area contributed by atoms with Crippen LogP contribution in [0.25, 0.3) is 0 Å². The van der Waals surface area contributed by atoms with Crippen LogP contribution in [0.5, 0.6) is 0 Å². The molecule has 0 radical (unpaired) electrons. The third-order valence-corrected chi connectivity index (χ3v) is 5.64. The summed E-state index contributed by atoms with van der Waals surface area (Å²) in [4.78, 5) is 12.4. The zero-order valence-electron chi connectivity index (χ0n) is 14.0. The molecule has 2 fully saturated rings. The lowest BCUT2D eigenvalue weighted by Crippen LogP contribution is -2.32. The Hall–Kier alpha value is 0.370. The minimum absolute atomic E-state index is 0.00652. The molecule has 7 atom stereocenters. The molecule has 9 heteroatoms. The molecule has 136 valence electrons. The SMILES string of the molecule is COC[C@H]1O[C@@H](C)CC1OP([O-])(=S)OC[C@H]1O[C@@H](C)CC1OC. The van der Waals surface area contributed by atoms with Gasteiger partial charge in [-0.3, -0.25) is 0 Å². The summed E-state index contributed by atoms with van der Waals surface area (Å²) in [5, 5.41) is 0. The molecule has 3 unspecified atom stereocenters. The van der Waals surface area contributed by atoms with Gasteiger partial charge in [-0.2, -0.15) is 0 Å². The lowest BCUT2D eigenvalue weighted by Gasteiger charge is -2.33. The first-order valence-corrected chi connectivity index (χ1v) is 10.4. The highest BCUT2D eigenvalue weighted by molar-refractivity contribution is 8.06. The summed E-state index contributed by atoms with van der Waals surface area (Å²) in [5.41, 5.74) is 0. The van der Waals surface area contributed by atoms with E-state index in [1.807, 2.05) is 13.8 Å². The third kappa shape index (κ3) is 5.70. The molecule has 7 nitrogen and oxygen atoms in total. The largest absolute Gasteiger partial charge is 0.780 e. The van der Waals surface area contributed by atoms with Crippen LogP contribution in [0.1, 0.15) is 26.7 Å². The molecular formula is C14H26O7PS-. The molecule has 0 aliphatic carbocycles. The third-order valence-electron chi connectivity index (χ3n) is 4.07. The van der Waals surface area contributed by atoms with Gasteiger partial charge in [0.25, 0.3) is 0 Å². The van der Waals surface area contributed by atoms with E-state index in [1.165, 1.54) is 0 Å². The van der Waals surface area contributed by atoms with E-state index >= 15 is 0 Å². The van der Waals surface area contributed by atoms with E-state index in [9.17, 15) is 4.89 Å². The smallest absolute Gasteiger partial charge is 0.116 e. The Balaban J connectivity index is 1.85. The molecular weight excluding hydrogens is 343 g/mol. The minimum Gasteiger partial charge on any atom is -0.780 e. The van der Waals surface area contributed by atoms with Gasteiger partial charge in [0.15, 0.2) is 0 Å². The average Bonchev–Trinajstić information content (AvgIpc) is 2.99. The van der Waals surface area contributed by atoms with E-state index in [2.05, 4.69) is 0 Å². The van der Waals surface area contributed by atoms with Crippen LogP contribution in [0.15, 0.2) is 0 Å². The number of hydrogen-bond acceptors (Lipinski definition) is 8. The van der Waals surface area contributed by atoms with Crippen molar-refractivity contribution in [3.8, 4) is 0 Å². The van der Waals surface area contributed by atoms with Crippen molar-refractivity contribution >= 4 is 18.5 Å². The predicted octanol–water partition coefficient (Wildman–Crippen LogP) is 0.989. The summed E-state index contributed by atoms with van der Waals surface area (Å²) in [6.45, 7) is 0.709.